The first kappa shape index (κ1) is 22.6. The van der Waals surface area contributed by atoms with Crippen LogP contribution in [0.5, 0.6) is 0 Å². The normalized spacial score (nSPS) is 11.7. The lowest BCUT2D eigenvalue weighted by atomic mass is 10.00. The number of aryl methyl sites for hydroxylation is 1. The van der Waals surface area contributed by atoms with E-state index in [0.29, 0.717) is 16.1 Å². The van der Waals surface area contributed by atoms with Crippen molar-refractivity contribution >= 4 is 34.9 Å². The Hall–Kier alpha value is -3.11. The van der Waals surface area contributed by atoms with Gasteiger partial charge in [-0.3, -0.25) is 15.2 Å². The standard InChI is InChI=1S/C20H18ClF2N5O2S/c1-9-7-25-19(31-9)17-14(5-13(21)6-15(17)22)12-4-16(23)18(24-8-12)10(2)26-20(30)28-27-11(3)29/h4-8,10H,1-3H3,(H,27,29)(H2,26,28,30). The van der Waals surface area contributed by atoms with Gasteiger partial charge in [-0.15, -0.1) is 11.3 Å². The van der Waals surface area contributed by atoms with E-state index in [1.807, 2.05) is 6.92 Å². The molecule has 1 atom stereocenters. The molecule has 2 heterocycles. The van der Waals surface area contributed by atoms with E-state index in [2.05, 4.69) is 26.1 Å². The maximum atomic E-state index is 14.8. The summed E-state index contributed by atoms with van der Waals surface area (Å²) >= 11 is 7.34. The second kappa shape index (κ2) is 9.36. The van der Waals surface area contributed by atoms with Gasteiger partial charge in [0.25, 0.3) is 0 Å². The summed E-state index contributed by atoms with van der Waals surface area (Å²) < 4.78 is 29.6. The van der Waals surface area contributed by atoms with Crippen molar-refractivity contribution < 1.29 is 18.4 Å². The van der Waals surface area contributed by atoms with E-state index >= 15 is 0 Å². The lowest BCUT2D eigenvalue weighted by Gasteiger charge is -2.16. The quantitative estimate of drug-likeness (QED) is 0.493. The highest BCUT2D eigenvalue weighted by atomic mass is 35.5. The number of hydrogen-bond donors (Lipinski definition) is 3. The van der Waals surface area contributed by atoms with E-state index in [1.54, 1.807) is 6.20 Å². The molecule has 0 saturated carbocycles. The molecule has 0 bridgehead atoms. The number of aromatic nitrogens is 2. The Morgan fingerprint density at radius 3 is 2.45 bits per heavy atom. The van der Waals surface area contributed by atoms with Crippen LogP contribution in [-0.4, -0.2) is 21.9 Å². The second-order valence-corrected chi connectivity index (χ2v) is 8.35. The van der Waals surface area contributed by atoms with E-state index in [1.165, 1.54) is 49.6 Å². The molecule has 0 radical (unpaired) electrons. The first-order valence-electron chi connectivity index (χ1n) is 9.06. The molecule has 162 valence electrons. The van der Waals surface area contributed by atoms with Crippen LogP contribution >= 0.6 is 22.9 Å². The van der Waals surface area contributed by atoms with Gasteiger partial charge in [-0.2, -0.15) is 0 Å². The number of rotatable bonds is 4. The number of hydrazine groups is 1. The molecule has 3 amide bonds. The third kappa shape index (κ3) is 5.33. The number of thiazole rings is 1. The van der Waals surface area contributed by atoms with Gasteiger partial charge in [0.2, 0.25) is 5.91 Å². The third-order valence-corrected chi connectivity index (χ3v) is 5.33. The Labute approximate surface area is 185 Å². The predicted molar refractivity (Wildman–Crippen MR) is 114 cm³/mol. The fourth-order valence-corrected chi connectivity index (χ4v) is 3.88. The molecule has 0 aliphatic carbocycles. The average molecular weight is 466 g/mol. The van der Waals surface area contributed by atoms with Crippen molar-refractivity contribution in [3.8, 4) is 21.7 Å². The van der Waals surface area contributed by atoms with Gasteiger partial charge in [0.1, 0.15) is 16.6 Å². The number of nitrogens with one attached hydrogen (secondary N) is 3. The molecule has 3 rings (SSSR count). The number of amides is 3. The summed E-state index contributed by atoms with van der Waals surface area (Å²) in [6, 6.07) is 2.36. The van der Waals surface area contributed by atoms with Crippen LogP contribution in [0.4, 0.5) is 13.6 Å². The van der Waals surface area contributed by atoms with E-state index in [0.717, 1.165) is 4.88 Å². The van der Waals surface area contributed by atoms with Crippen LogP contribution in [0.15, 0.2) is 30.6 Å². The minimum absolute atomic E-state index is 0.0316. The summed E-state index contributed by atoms with van der Waals surface area (Å²) in [5.74, 6) is -1.74. The monoisotopic (exact) mass is 465 g/mol. The zero-order chi connectivity index (χ0) is 22.7. The molecule has 3 aromatic rings. The Morgan fingerprint density at radius 1 is 1.10 bits per heavy atom. The van der Waals surface area contributed by atoms with Gasteiger partial charge in [-0.05, 0) is 37.6 Å². The molecule has 1 unspecified atom stereocenters. The fraction of sp³-hybridized carbons (Fsp3) is 0.200. The minimum atomic E-state index is -0.806. The fourth-order valence-electron chi connectivity index (χ4n) is 2.85. The van der Waals surface area contributed by atoms with Gasteiger partial charge in [0.05, 0.1) is 17.3 Å². The topological polar surface area (TPSA) is 96.0 Å². The van der Waals surface area contributed by atoms with Crippen molar-refractivity contribution in [1.29, 1.82) is 0 Å². The Morgan fingerprint density at radius 2 is 1.84 bits per heavy atom. The lowest BCUT2D eigenvalue weighted by molar-refractivity contribution is -0.119. The number of hydrogen-bond acceptors (Lipinski definition) is 5. The zero-order valence-electron chi connectivity index (χ0n) is 16.7. The van der Waals surface area contributed by atoms with Crippen LogP contribution in [0.1, 0.15) is 30.5 Å². The molecule has 0 fully saturated rings. The molecule has 3 N–H and O–H groups in total. The summed E-state index contributed by atoms with van der Waals surface area (Å²) in [5, 5.41) is 3.05. The number of pyridine rings is 1. The van der Waals surface area contributed by atoms with E-state index in [4.69, 9.17) is 11.6 Å². The summed E-state index contributed by atoms with van der Waals surface area (Å²) in [7, 11) is 0. The molecule has 0 aliphatic heterocycles. The number of urea groups is 1. The van der Waals surface area contributed by atoms with Crippen LogP contribution in [0, 0.1) is 18.6 Å². The van der Waals surface area contributed by atoms with Crippen molar-refractivity contribution in [2.24, 2.45) is 0 Å². The van der Waals surface area contributed by atoms with E-state index < -0.39 is 29.6 Å². The van der Waals surface area contributed by atoms with Gasteiger partial charge >= 0.3 is 6.03 Å². The van der Waals surface area contributed by atoms with Crippen molar-refractivity contribution in [2.45, 2.75) is 26.8 Å². The highest BCUT2D eigenvalue weighted by Crippen LogP contribution is 2.38. The number of carbonyl (C=O) groups excluding carboxylic acids is 2. The average Bonchev–Trinajstić information content (AvgIpc) is 3.11. The molecule has 1 aromatic carbocycles. The lowest BCUT2D eigenvalue weighted by Crippen LogP contribution is -2.46. The molecule has 11 heteroatoms. The predicted octanol–water partition coefficient (Wildman–Crippen LogP) is 4.52. The molecule has 0 aliphatic rings. The summed E-state index contributed by atoms with van der Waals surface area (Å²) in [6.07, 6.45) is 3.00. The van der Waals surface area contributed by atoms with Crippen molar-refractivity contribution in [3.63, 3.8) is 0 Å². The smallest absolute Gasteiger partial charge is 0.329 e. The minimum Gasteiger partial charge on any atom is -0.329 e. The Kier molecular flexibility index (Phi) is 6.81. The molecule has 0 spiro atoms. The maximum absolute atomic E-state index is 14.8. The zero-order valence-corrected chi connectivity index (χ0v) is 18.3. The van der Waals surface area contributed by atoms with Gasteiger partial charge in [-0.1, -0.05) is 11.6 Å². The van der Waals surface area contributed by atoms with Gasteiger partial charge in [0.15, 0.2) is 0 Å². The van der Waals surface area contributed by atoms with Crippen LogP contribution in [0.25, 0.3) is 21.7 Å². The molecule has 7 nitrogen and oxygen atoms in total. The first-order valence-corrected chi connectivity index (χ1v) is 10.3. The first-order chi connectivity index (χ1) is 14.7. The van der Waals surface area contributed by atoms with Gasteiger partial charge in [0, 0.05) is 34.8 Å². The number of benzene rings is 1. The Balaban J connectivity index is 1.93. The highest BCUT2D eigenvalue weighted by molar-refractivity contribution is 7.15. The number of halogens is 3. The largest absolute Gasteiger partial charge is 0.334 e. The molecule has 31 heavy (non-hydrogen) atoms. The Bertz CT molecular complexity index is 1150. The van der Waals surface area contributed by atoms with Crippen molar-refractivity contribution in [1.82, 2.24) is 26.1 Å². The van der Waals surface area contributed by atoms with Crippen molar-refractivity contribution in [3.05, 3.63) is 57.8 Å². The number of carbonyl (C=O) groups is 2. The molecular weight excluding hydrogens is 448 g/mol. The molecule has 0 saturated heterocycles. The molecule has 2 aromatic heterocycles. The van der Waals surface area contributed by atoms with E-state index in [9.17, 15) is 18.4 Å². The second-order valence-electron chi connectivity index (χ2n) is 6.68. The van der Waals surface area contributed by atoms with Crippen molar-refractivity contribution in [2.75, 3.05) is 0 Å². The summed E-state index contributed by atoms with van der Waals surface area (Å²) in [4.78, 5) is 31.8. The summed E-state index contributed by atoms with van der Waals surface area (Å²) in [5.41, 5.74) is 5.06. The maximum Gasteiger partial charge on any atom is 0.334 e. The van der Waals surface area contributed by atoms with Crippen LogP contribution < -0.4 is 16.2 Å². The molecular formula is C20H18ClF2N5O2S. The third-order valence-electron chi connectivity index (χ3n) is 4.18. The van der Waals surface area contributed by atoms with Crippen LogP contribution in [-0.2, 0) is 4.79 Å². The number of nitrogens with zero attached hydrogens (tertiary/aromatic N) is 2. The van der Waals surface area contributed by atoms with Gasteiger partial charge < -0.3 is 5.32 Å². The van der Waals surface area contributed by atoms with Crippen LogP contribution in [0.3, 0.4) is 0 Å². The van der Waals surface area contributed by atoms with Crippen LogP contribution in [0.2, 0.25) is 5.02 Å². The van der Waals surface area contributed by atoms with E-state index in [-0.39, 0.29) is 16.3 Å². The summed E-state index contributed by atoms with van der Waals surface area (Å²) in [6.45, 7) is 4.60. The SMILES string of the molecule is CC(=O)NNC(=O)NC(C)c1ncc(-c2cc(Cl)cc(F)c2-c2ncc(C)s2)cc1F. The van der Waals surface area contributed by atoms with Gasteiger partial charge in [-0.25, -0.2) is 24.0 Å². The highest BCUT2D eigenvalue weighted by Gasteiger charge is 2.20.